The molecule has 0 bridgehead atoms. The normalized spacial score (nSPS) is 21.0. The van der Waals surface area contributed by atoms with Gasteiger partial charge in [-0.15, -0.1) is 0 Å². The maximum Gasteiger partial charge on any atom is 0.142 e. The molecule has 19 heavy (non-hydrogen) atoms. The highest BCUT2D eigenvalue weighted by Crippen LogP contribution is 2.21. The second-order valence-corrected chi connectivity index (χ2v) is 5.33. The predicted octanol–water partition coefficient (Wildman–Crippen LogP) is 3.30. The molecule has 0 spiro atoms. The van der Waals surface area contributed by atoms with Crippen molar-refractivity contribution in [2.45, 2.75) is 45.1 Å². The Kier molecular flexibility index (Phi) is 5.52. The van der Waals surface area contributed by atoms with Crippen LogP contribution in [0, 0.1) is 0 Å². The van der Waals surface area contributed by atoms with Crippen LogP contribution < -0.4 is 10.5 Å². The first-order valence-corrected chi connectivity index (χ1v) is 7.52. The van der Waals surface area contributed by atoms with Gasteiger partial charge < -0.3 is 10.5 Å². The molecule has 0 amide bonds. The number of nitrogen functional groups attached to an aromatic ring is 1. The van der Waals surface area contributed by atoms with Crippen LogP contribution in [0.5, 0.6) is 5.75 Å². The Labute approximate surface area is 116 Å². The number of likely N-dealkylation sites (tertiary alicyclic amines) is 1. The summed E-state index contributed by atoms with van der Waals surface area (Å²) in [6.45, 7) is 5.24. The summed E-state index contributed by atoms with van der Waals surface area (Å²) in [6.07, 6.45) is 6.66. The van der Waals surface area contributed by atoms with Crippen molar-refractivity contribution < 1.29 is 4.74 Å². The van der Waals surface area contributed by atoms with E-state index in [4.69, 9.17) is 10.5 Å². The van der Waals surface area contributed by atoms with Crippen molar-refractivity contribution in [2.24, 2.45) is 0 Å². The SMILES string of the molecule is CCC1CCCCCN1CCOc1ccccc1N. The van der Waals surface area contributed by atoms with E-state index in [1.54, 1.807) is 0 Å². The molecule has 1 aliphatic heterocycles. The molecule has 106 valence electrons. The molecular formula is C16H26N2O. The van der Waals surface area contributed by atoms with Gasteiger partial charge in [-0.25, -0.2) is 0 Å². The molecule has 1 atom stereocenters. The van der Waals surface area contributed by atoms with E-state index in [1.807, 2.05) is 24.3 Å². The van der Waals surface area contributed by atoms with E-state index < -0.39 is 0 Å². The summed E-state index contributed by atoms with van der Waals surface area (Å²) in [4.78, 5) is 2.59. The maximum atomic E-state index is 5.88. The molecule has 1 fully saturated rings. The largest absolute Gasteiger partial charge is 0.490 e. The van der Waals surface area contributed by atoms with Gasteiger partial charge in [-0.1, -0.05) is 31.9 Å². The molecular weight excluding hydrogens is 236 g/mol. The molecule has 2 N–H and O–H groups in total. The Morgan fingerprint density at radius 3 is 2.89 bits per heavy atom. The van der Waals surface area contributed by atoms with Crippen molar-refractivity contribution in [2.75, 3.05) is 25.4 Å². The van der Waals surface area contributed by atoms with Gasteiger partial charge in [0.1, 0.15) is 12.4 Å². The molecule has 0 radical (unpaired) electrons. The summed E-state index contributed by atoms with van der Waals surface area (Å²) in [5, 5.41) is 0. The summed E-state index contributed by atoms with van der Waals surface area (Å²) >= 11 is 0. The smallest absolute Gasteiger partial charge is 0.142 e. The Bertz CT molecular complexity index is 381. The third kappa shape index (κ3) is 4.13. The molecule has 1 aromatic carbocycles. The van der Waals surface area contributed by atoms with Crippen LogP contribution in [0.1, 0.15) is 39.0 Å². The van der Waals surface area contributed by atoms with Gasteiger partial charge in [0.05, 0.1) is 5.69 Å². The van der Waals surface area contributed by atoms with Gasteiger partial charge in [0, 0.05) is 12.6 Å². The fraction of sp³-hybridized carbons (Fsp3) is 0.625. The lowest BCUT2D eigenvalue weighted by atomic mass is 10.1. The fourth-order valence-electron chi connectivity index (χ4n) is 2.88. The van der Waals surface area contributed by atoms with Crippen LogP contribution in [0.15, 0.2) is 24.3 Å². The van der Waals surface area contributed by atoms with Gasteiger partial charge in [0.2, 0.25) is 0 Å². The molecule has 1 saturated heterocycles. The summed E-state index contributed by atoms with van der Waals surface area (Å²) in [7, 11) is 0. The Hall–Kier alpha value is -1.22. The van der Waals surface area contributed by atoms with Crippen LogP contribution in [0.25, 0.3) is 0 Å². The lowest BCUT2D eigenvalue weighted by Crippen LogP contribution is -2.37. The summed E-state index contributed by atoms with van der Waals surface area (Å²) in [5.74, 6) is 0.811. The van der Waals surface area contributed by atoms with Crippen LogP contribution >= 0.6 is 0 Å². The van der Waals surface area contributed by atoms with Crippen LogP contribution in [-0.4, -0.2) is 30.6 Å². The first-order chi connectivity index (χ1) is 9.31. The number of nitrogens with two attached hydrogens (primary N) is 1. The Morgan fingerprint density at radius 2 is 2.11 bits per heavy atom. The van der Waals surface area contributed by atoms with E-state index in [-0.39, 0.29) is 0 Å². The number of hydrogen-bond acceptors (Lipinski definition) is 3. The molecule has 3 heteroatoms. The lowest BCUT2D eigenvalue weighted by Gasteiger charge is -2.29. The van der Waals surface area contributed by atoms with E-state index in [0.29, 0.717) is 0 Å². The van der Waals surface area contributed by atoms with Crippen molar-refractivity contribution in [1.82, 2.24) is 4.90 Å². The highest BCUT2D eigenvalue weighted by atomic mass is 16.5. The molecule has 1 heterocycles. The maximum absolute atomic E-state index is 5.88. The van der Waals surface area contributed by atoms with E-state index in [0.717, 1.165) is 30.6 Å². The van der Waals surface area contributed by atoms with Crippen molar-refractivity contribution in [1.29, 1.82) is 0 Å². The van der Waals surface area contributed by atoms with Gasteiger partial charge in [-0.3, -0.25) is 4.90 Å². The number of hydrogen-bond donors (Lipinski definition) is 1. The molecule has 1 aliphatic rings. The van der Waals surface area contributed by atoms with Crippen molar-refractivity contribution in [3.05, 3.63) is 24.3 Å². The second-order valence-electron chi connectivity index (χ2n) is 5.33. The lowest BCUT2D eigenvalue weighted by molar-refractivity contribution is 0.158. The molecule has 2 rings (SSSR count). The third-order valence-corrected chi connectivity index (χ3v) is 4.03. The fourth-order valence-corrected chi connectivity index (χ4v) is 2.88. The van der Waals surface area contributed by atoms with Crippen molar-refractivity contribution in [3.8, 4) is 5.75 Å². The van der Waals surface area contributed by atoms with Crippen LogP contribution in [0.2, 0.25) is 0 Å². The molecule has 0 aromatic heterocycles. The summed E-state index contributed by atoms with van der Waals surface area (Å²) in [6, 6.07) is 8.46. The standard InChI is InChI=1S/C16H26N2O/c1-2-14-8-4-3-7-11-18(14)12-13-19-16-10-6-5-9-15(16)17/h5-6,9-10,14H,2-4,7-8,11-13,17H2,1H3. The average molecular weight is 262 g/mol. The number of nitrogens with zero attached hydrogens (tertiary/aromatic N) is 1. The topological polar surface area (TPSA) is 38.5 Å². The molecule has 0 saturated carbocycles. The number of rotatable bonds is 5. The highest BCUT2D eigenvalue weighted by molar-refractivity contribution is 5.51. The minimum Gasteiger partial charge on any atom is -0.490 e. The van der Waals surface area contributed by atoms with Crippen molar-refractivity contribution in [3.63, 3.8) is 0 Å². The zero-order valence-electron chi connectivity index (χ0n) is 12.0. The zero-order chi connectivity index (χ0) is 13.5. The van der Waals surface area contributed by atoms with E-state index in [2.05, 4.69) is 11.8 Å². The van der Waals surface area contributed by atoms with Gasteiger partial charge in [0.15, 0.2) is 0 Å². The summed E-state index contributed by atoms with van der Waals surface area (Å²) in [5.41, 5.74) is 6.61. The monoisotopic (exact) mass is 262 g/mol. The first kappa shape index (κ1) is 14.2. The quantitative estimate of drug-likeness (QED) is 0.827. The molecule has 1 unspecified atom stereocenters. The van der Waals surface area contributed by atoms with Gasteiger partial charge in [-0.05, 0) is 37.9 Å². The number of anilines is 1. The third-order valence-electron chi connectivity index (χ3n) is 4.03. The molecule has 1 aromatic rings. The van der Waals surface area contributed by atoms with Crippen LogP contribution in [-0.2, 0) is 0 Å². The average Bonchev–Trinajstić information content (AvgIpc) is 2.66. The van der Waals surface area contributed by atoms with E-state index in [1.165, 1.54) is 38.6 Å². The number of benzene rings is 1. The summed E-state index contributed by atoms with van der Waals surface area (Å²) < 4.78 is 5.81. The number of ether oxygens (including phenoxy) is 1. The number of para-hydroxylation sites is 2. The Balaban J connectivity index is 1.82. The second kappa shape index (κ2) is 7.39. The minimum absolute atomic E-state index is 0.727. The van der Waals surface area contributed by atoms with Crippen LogP contribution in [0.3, 0.4) is 0 Å². The van der Waals surface area contributed by atoms with E-state index >= 15 is 0 Å². The van der Waals surface area contributed by atoms with Gasteiger partial charge in [0.25, 0.3) is 0 Å². The highest BCUT2D eigenvalue weighted by Gasteiger charge is 2.18. The first-order valence-electron chi connectivity index (χ1n) is 7.52. The van der Waals surface area contributed by atoms with Crippen molar-refractivity contribution >= 4 is 5.69 Å². The van der Waals surface area contributed by atoms with Gasteiger partial charge >= 0.3 is 0 Å². The van der Waals surface area contributed by atoms with E-state index in [9.17, 15) is 0 Å². The zero-order valence-corrected chi connectivity index (χ0v) is 12.0. The minimum atomic E-state index is 0.727. The van der Waals surface area contributed by atoms with Gasteiger partial charge in [-0.2, -0.15) is 0 Å². The molecule has 0 aliphatic carbocycles. The Morgan fingerprint density at radius 1 is 1.26 bits per heavy atom. The molecule has 3 nitrogen and oxygen atoms in total. The van der Waals surface area contributed by atoms with Crippen LogP contribution in [0.4, 0.5) is 5.69 Å². The predicted molar refractivity (Wildman–Crippen MR) is 80.5 cm³/mol.